The van der Waals surface area contributed by atoms with Crippen molar-refractivity contribution in [3.63, 3.8) is 0 Å². The highest BCUT2D eigenvalue weighted by Gasteiger charge is 2.26. The summed E-state index contributed by atoms with van der Waals surface area (Å²) >= 11 is 0. The Balaban J connectivity index is 1.63. The summed E-state index contributed by atoms with van der Waals surface area (Å²) in [6, 6.07) is 12.4. The fourth-order valence-corrected chi connectivity index (χ4v) is 3.80. The Morgan fingerprint density at radius 1 is 0.742 bits per heavy atom. The number of benzene rings is 3. The Morgan fingerprint density at radius 3 is 1.81 bits per heavy atom. The third-order valence-corrected chi connectivity index (χ3v) is 5.67. The van der Waals surface area contributed by atoms with E-state index in [-0.39, 0.29) is 42.1 Å². The van der Waals surface area contributed by atoms with E-state index in [1.165, 1.54) is 18.2 Å². The lowest BCUT2D eigenvalue weighted by molar-refractivity contribution is -0.176. The highest BCUT2D eigenvalue weighted by Crippen LogP contribution is 2.33. The molecule has 0 unspecified atom stereocenters. The fourth-order valence-electron chi connectivity index (χ4n) is 3.80. The van der Waals surface area contributed by atoms with Crippen LogP contribution in [0.15, 0.2) is 48.5 Å². The van der Waals surface area contributed by atoms with E-state index in [0.717, 1.165) is 0 Å². The van der Waals surface area contributed by atoms with Crippen LogP contribution in [0.1, 0.15) is 24.0 Å². The molecule has 0 radical (unpaired) electrons. The molecule has 1 aliphatic rings. The maximum atomic E-state index is 14.8. The van der Waals surface area contributed by atoms with Crippen molar-refractivity contribution >= 4 is 7.85 Å². The zero-order valence-corrected chi connectivity index (χ0v) is 17.2. The second-order valence-electron chi connectivity index (χ2n) is 7.59. The quantitative estimate of drug-likeness (QED) is 0.421. The molecule has 0 bridgehead atoms. The van der Waals surface area contributed by atoms with Gasteiger partial charge in [0.05, 0.1) is 13.2 Å². The molecule has 1 saturated heterocycles. The monoisotopic (exact) mass is 428 g/mol. The predicted molar refractivity (Wildman–Crippen MR) is 114 cm³/mol. The van der Waals surface area contributed by atoms with Crippen molar-refractivity contribution in [3.8, 4) is 22.3 Å². The molecular weight excluding hydrogens is 407 g/mol. The highest BCUT2D eigenvalue weighted by molar-refractivity contribution is 6.08. The molecule has 160 valence electrons. The molecule has 1 fully saturated rings. The Kier molecular flexibility index (Phi) is 6.16. The van der Waals surface area contributed by atoms with Crippen molar-refractivity contribution < 1.29 is 27.0 Å². The van der Waals surface area contributed by atoms with Crippen LogP contribution >= 0.6 is 0 Å². The van der Waals surface area contributed by atoms with E-state index >= 15 is 0 Å². The van der Waals surface area contributed by atoms with Crippen LogP contribution in [-0.4, -0.2) is 27.4 Å². The molecule has 0 saturated carbocycles. The van der Waals surface area contributed by atoms with Crippen LogP contribution in [0.25, 0.3) is 22.3 Å². The molecule has 1 aliphatic heterocycles. The zero-order chi connectivity index (χ0) is 22.1. The van der Waals surface area contributed by atoms with Gasteiger partial charge in [-0.15, -0.1) is 0 Å². The number of ether oxygens (including phenoxy) is 2. The summed E-state index contributed by atoms with van der Waals surface area (Å²) in [6.07, 6.45) is 0.0273. The Labute approximate surface area is 179 Å². The van der Waals surface area contributed by atoms with Gasteiger partial charge >= 0.3 is 0 Å². The van der Waals surface area contributed by atoms with Crippen molar-refractivity contribution in [1.82, 2.24) is 0 Å². The van der Waals surface area contributed by atoms with Gasteiger partial charge in [-0.05, 0) is 29.2 Å². The van der Waals surface area contributed by atoms with Gasteiger partial charge < -0.3 is 9.47 Å². The van der Waals surface area contributed by atoms with E-state index in [0.29, 0.717) is 23.0 Å². The van der Waals surface area contributed by atoms with Gasteiger partial charge in [-0.1, -0.05) is 54.9 Å². The summed E-state index contributed by atoms with van der Waals surface area (Å²) in [6.45, 7) is 2.26. The minimum Gasteiger partial charge on any atom is -0.352 e. The molecule has 7 heteroatoms. The number of hydrogen-bond acceptors (Lipinski definition) is 2. The molecule has 0 atom stereocenters. The zero-order valence-electron chi connectivity index (χ0n) is 17.2. The standard InChI is InChI=1S/C24H21BF4O2/c1-13-30-11-17(12-31-13)20-9-8-19(23(28)24(20)29)15-4-2-14(3-5-15)18-7-6-16(10-25)21(26)22(18)27/h2-9,13,17H,10-12,25H2,1H3. The van der Waals surface area contributed by atoms with Crippen LogP contribution in [0.5, 0.6) is 0 Å². The lowest BCUT2D eigenvalue weighted by atomic mass is 9.92. The summed E-state index contributed by atoms with van der Waals surface area (Å²) < 4.78 is 68.9. The van der Waals surface area contributed by atoms with E-state index in [2.05, 4.69) is 0 Å². The topological polar surface area (TPSA) is 18.5 Å². The summed E-state index contributed by atoms with van der Waals surface area (Å²) in [4.78, 5) is 0. The van der Waals surface area contributed by atoms with Gasteiger partial charge in [-0.3, -0.25) is 0 Å². The third-order valence-electron chi connectivity index (χ3n) is 5.67. The van der Waals surface area contributed by atoms with Gasteiger partial charge in [-0.25, -0.2) is 17.6 Å². The minimum absolute atomic E-state index is 0.0896. The summed E-state index contributed by atoms with van der Waals surface area (Å²) in [5.74, 6) is -4.06. The number of halogens is 4. The van der Waals surface area contributed by atoms with Crippen molar-refractivity contribution in [2.45, 2.75) is 25.5 Å². The second-order valence-corrected chi connectivity index (χ2v) is 7.59. The number of hydrogen-bond donors (Lipinski definition) is 0. The first kappa shape index (κ1) is 21.6. The summed E-state index contributed by atoms with van der Waals surface area (Å²) in [5, 5.41) is 0. The van der Waals surface area contributed by atoms with E-state index in [1.54, 1.807) is 45.1 Å². The van der Waals surface area contributed by atoms with Crippen LogP contribution in [-0.2, 0) is 15.8 Å². The molecule has 0 N–H and O–H groups in total. The number of rotatable bonds is 4. The molecule has 0 aromatic heterocycles. The first-order chi connectivity index (χ1) is 14.9. The van der Waals surface area contributed by atoms with Gasteiger partial charge in [0, 0.05) is 17.0 Å². The molecule has 4 rings (SSSR count). The minimum atomic E-state index is -0.964. The van der Waals surface area contributed by atoms with Gasteiger partial charge in [0.2, 0.25) is 0 Å². The third kappa shape index (κ3) is 4.12. The largest absolute Gasteiger partial charge is 0.352 e. The molecular formula is C24H21BF4O2. The van der Waals surface area contributed by atoms with Crippen molar-refractivity contribution in [1.29, 1.82) is 0 Å². The predicted octanol–water partition coefficient (Wildman–Crippen LogP) is 5.19. The maximum Gasteiger partial charge on any atom is 0.166 e. The molecule has 3 aromatic rings. The fraction of sp³-hybridized carbons (Fsp3) is 0.250. The van der Waals surface area contributed by atoms with Crippen LogP contribution < -0.4 is 0 Å². The maximum absolute atomic E-state index is 14.8. The van der Waals surface area contributed by atoms with Crippen LogP contribution in [0.4, 0.5) is 17.6 Å². The SMILES string of the molecule is BCc1ccc(-c2ccc(-c3ccc(C4COC(C)OC4)c(F)c3F)cc2)c(F)c1F. The molecule has 0 spiro atoms. The van der Waals surface area contributed by atoms with Gasteiger partial charge in [-0.2, -0.15) is 0 Å². The molecule has 0 amide bonds. The normalized spacial score (nSPS) is 18.9. The Hall–Kier alpha value is -2.64. The molecule has 1 heterocycles. The highest BCUT2D eigenvalue weighted by atomic mass is 19.2. The van der Waals surface area contributed by atoms with E-state index in [1.807, 2.05) is 0 Å². The summed E-state index contributed by atoms with van der Waals surface area (Å²) in [7, 11) is 1.75. The van der Waals surface area contributed by atoms with Crippen molar-refractivity contribution in [3.05, 3.63) is 82.9 Å². The van der Waals surface area contributed by atoms with Crippen molar-refractivity contribution in [2.24, 2.45) is 0 Å². The molecule has 31 heavy (non-hydrogen) atoms. The second kappa shape index (κ2) is 8.85. The van der Waals surface area contributed by atoms with Gasteiger partial charge in [0.1, 0.15) is 7.85 Å². The Morgan fingerprint density at radius 2 is 1.26 bits per heavy atom. The van der Waals surface area contributed by atoms with Crippen LogP contribution in [0.3, 0.4) is 0 Å². The lowest BCUT2D eigenvalue weighted by Crippen LogP contribution is -2.29. The summed E-state index contributed by atoms with van der Waals surface area (Å²) in [5.41, 5.74) is 1.60. The van der Waals surface area contributed by atoms with Crippen molar-refractivity contribution in [2.75, 3.05) is 13.2 Å². The average Bonchev–Trinajstić information content (AvgIpc) is 2.78. The first-order valence-corrected chi connectivity index (χ1v) is 10.2. The Bertz CT molecular complexity index is 1090. The van der Waals surface area contributed by atoms with E-state index in [4.69, 9.17) is 9.47 Å². The van der Waals surface area contributed by atoms with Crippen LogP contribution in [0, 0.1) is 23.3 Å². The van der Waals surface area contributed by atoms with Gasteiger partial charge in [0.15, 0.2) is 29.6 Å². The first-order valence-electron chi connectivity index (χ1n) is 10.2. The van der Waals surface area contributed by atoms with Crippen LogP contribution in [0.2, 0.25) is 0 Å². The lowest BCUT2D eigenvalue weighted by Gasteiger charge is -2.28. The van der Waals surface area contributed by atoms with E-state index < -0.39 is 23.3 Å². The average molecular weight is 428 g/mol. The smallest absolute Gasteiger partial charge is 0.166 e. The molecule has 2 nitrogen and oxygen atoms in total. The van der Waals surface area contributed by atoms with Gasteiger partial charge in [0.25, 0.3) is 0 Å². The molecule has 3 aromatic carbocycles. The molecule has 0 aliphatic carbocycles. The van der Waals surface area contributed by atoms with E-state index in [9.17, 15) is 17.6 Å².